The SMILES string of the molecule is Cc1cnc(C#Cc2ccc(Cl)cc2)s1.O=CN1CCCCC1. The van der Waals surface area contributed by atoms with Gasteiger partial charge in [0.2, 0.25) is 6.41 Å². The molecule has 1 saturated heterocycles. The highest BCUT2D eigenvalue weighted by Gasteiger charge is 2.05. The molecule has 0 unspecified atom stereocenters. The number of amides is 1. The number of rotatable bonds is 1. The number of carbonyl (C=O) groups is 1. The summed E-state index contributed by atoms with van der Waals surface area (Å²) in [6, 6.07) is 7.46. The van der Waals surface area contributed by atoms with Gasteiger partial charge >= 0.3 is 0 Å². The third-order valence-electron chi connectivity index (χ3n) is 3.32. The molecular weight excluding hydrogens is 328 g/mol. The van der Waals surface area contributed by atoms with Crippen LogP contribution in [0.25, 0.3) is 0 Å². The Balaban J connectivity index is 0.000000203. The lowest BCUT2D eigenvalue weighted by Gasteiger charge is -2.21. The Hall–Kier alpha value is -1.83. The number of hydrogen-bond acceptors (Lipinski definition) is 3. The predicted octanol–water partition coefficient (Wildman–Crippen LogP) is 4.13. The van der Waals surface area contributed by atoms with Crippen molar-refractivity contribution in [2.45, 2.75) is 26.2 Å². The van der Waals surface area contributed by atoms with Gasteiger partial charge in [0.25, 0.3) is 0 Å². The minimum atomic E-state index is 0.727. The Morgan fingerprint density at radius 3 is 2.39 bits per heavy atom. The third kappa shape index (κ3) is 6.43. The number of piperidine rings is 1. The van der Waals surface area contributed by atoms with Crippen LogP contribution in [0.15, 0.2) is 30.5 Å². The van der Waals surface area contributed by atoms with Gasteiger partial charge in [0, 0.05) is 34.7 Å². The van der Waals surface area contributed by atoms with Crippen LogP contribution in [0.2, 0.25) is 5.02 Å². The number of thiazole rings is 1. The summed E-state index contributed by atoms with van der Waals surface area (Å²) < 4.78 is 0. The normalized spacial score (nSPS) is 13.4. The molecule has 1 aliphatic heterocycles. The summed E-state index contributed by atoms with van der Waals surface area (Å²) in [5.41, 5.74) is 0.951. The quantitative estimate of drug-likeness (QED) is 0.574. The third-order valence-corrected chi connectivity index (χ3v) is 4.40. The monoisotopic (exact) mass is 346 g/mol. The van der Waals surface area contributed by atoms with Crippen molar-refractivity contribution in [2.75, 3.05) is 13.1 Å². The van der Waals surface area contributed by atoms with Crippen LogP contribution >= 0.6 is 22.9 Å². The van der Waals surface area contributed by atoms with Gasteiger partial charge in [0.1, 0.15) is 0 Å². The topological polar surface area (TPSA) is 33.2 Å². The van der Waals surface area contributed by atoms with Crippen LogP contribution < -0.4 is 0 Å². The molecule has 0 radical (unpaired) electrons. The molecule has 2 heterocycles. The summed E-state index contributed by atoms with van der Waals surface area (Å²) in [6.45, 7) is 3.97. The van der Waals surface area contributed by atoms with E-state index in [2.05, 4.69) is 16.8 Å². The van der Waals surface area contributed by atoms with E-state index in [4.69, 9.17) is 11.6 Å². The first kappa shape index (κ1) is 17.5. The molecule has 2 aromatic rings. The van der Waals surface area contributed by atoms with E-state index in [0.29, 0.717) is 0 Å². The van der Waals surface area contributed by atoms with Crippen molar-refractivity contribution in [1.82, 2.24) is 9.88 Å². The van der Waals surface area contributed by atoms with Crippen molar-refractivity contribution in [3.8, 4) is 11.8 Å². The molecule has 0 spiro atoms. The average Bonchev–Trinajstić information content (AvgIpc) is 3.01. The smallest absolute Gasteiger partial charge is 0.209 e. The first-order valence-corrected chi connectivity index (χ1v) is 8.76. The standard InChI is InChI=1S/C12H8ClNS.C6H11NO/c1-9-8-14-12(15-9)7-4-10-2-5-11(13)6-3-10;8-6-7-4-2-1-3-5-7/h2-3,5-6,8H,1H3;6H,1-5H2. The summed E-state index contributed by atoms with van der Waals surface area (Å²) in [6.07, 6.45) is 6.46. The zero-order valence-electron chi connectivity index (χ0n) is 13.1. The number of halogens is 1. The Morgan fingerprint density at radius 2 is 1.87 bits per heavy atom. The highest BCUT2D eigenvalue weighted by molar-refractivity contribution is 7.12. The summed E-state index contributed by atoms with van der Waals surface area (Å²) in [4.78, 5) is 17.3. The van der Waals surface area contributed by atoms with Crippen LogP contribution in [0, 0.1) is 18.8 Å². The minimum Gasteiger partial charge on any atom is -0.345 e. The summed E-state index contributed by atoms with van der Waals surface area (Å²) >= 11 is 7.37. The van der Waals surface area contributed by atoms with E-state index in [-0.39, 0.29) is 0 Å². The maximum atomic E-state index is 10.1. The molecule has 0 saturated carbocycles. The van der Waals surface area contributed by atoms with Crippen molar-refractivity contribution >= 4 is 29.3 Å². The van der Waals surface area contributed by atoms with Gasteiger partial charge in [-0.15, -0.1) is 11.3 Å². The van der Waals surface area contributed by atoms with Gasteiger partial charge in [-0.05, 0) is 56.4 Å². The number of benzene rings is 1. The van der Waals surface area contributed by atoms with E-state index in [0.717, 1.165) is 35.1 Å². The van der Waals surface area contributed by atoms with Gasteiger partial charge in [-0.25, -0.2) is 4.98 Å². The molecule has 1 fully saturated rings. The Morgan fingerprint density at radius 1 is 1.17 bits per heavy atom. The fourth-order valence-electron chi connectivity index (χ4n) is 2.10. The van der Waals surface area contributed by atoms with Crippen molar-refractivity contribution in [1.29, 1.82) is 0 Å². The zero-order valence-corrected chi connectivity index (χ0v) is 14.7. The lowest BCUT2D eigenvalue weighted by Crippen LogP contribution is -2.27. The maximum absolute atomic E-state index is 10.1. The fourth-order valence-corrected chi connectivity index (χ4v) is 2.84. The van der Waals surface area contributed by atoms with Gasteiger partial charge in [-0.1, -0.05) is 17.5 Å². The van der Waals surface area contributed by atoms with Crippen LogP contribution in [-0.2, 0) is 4.79 Å². The molecule has 1 aromatic carbocycles. The van der Waals surface area contributed by atoms with Crippen LogP contribution in [0.4, 0.5) is 0 Å². The molecule has 5 heteroatoms. The number of carbonyl (C=O) groups excluding carboxylic acids is 1. The fraction of sp³-hybridized carbons (Fsp3) is 0.333. The second-order valence-electron chi connectivity index (χ2n) is 5.23. The van der Waals surface area contributed by atoms with E-state index in [9.17, 15) is 4.79 Å². The van der Waals surface area contributed by atoms with Crippen molar-refractivity contribution in [3.63, 3.8) is 0 Å². The molecular formula is C18H19ClN2OS. The van der Waals surface area contributed by atoms with Crippen LogP contribution in [0.3, 0.4) is 0 Å². The van der Waals surface area contributed by atoms with Gasteiger partial charge in [-0.2, -0.15) is 0 Å². The molecule has 0 bridgehead atoms. The number of aryl methyl sites for hydroxylation is 1. The summed E-state index contributed by atoms with van der Waals surface area (Å²) in [5.74, 6) is 6.06. The van der Waals surface area contributed by atoms with Crippen LogP contribution in [0.1, 0.15) is 34.7 Å². The largest absolute Gasteiger partial charge is 0.345 e. The van der Waals surface area contributed by atoms with Crippen molar-refractivity contribution < 1.29 is 4.79 Å². The second-order valence-corrected chi connectivity index (χ2v) is 6.91. The second kappa shape index (κ2) is 9.34. The number of hydrogen-bond donors (Lipinski definition) is 0. The Bertz CT molecular complexity index is 679. The zero-order chi connectivity index (χ0) is 16.5. The van der Waals surface area contributed by atoms with Crippen LogP contribution in [-0.4, -0.2) is 29.4 Å². The Labute approximate surface area is 146 Å². The molecule has 3 rings (SSSR count). The average molecular weight is 347 g/mol. The van der Waals surface area contributed by atoms with Gasteiger partial charge in [-0.3, -0.25) is 4.79 Å². The van der Waals surface area contributed by atoms with E-state index < -0.39 is 0 Å². The first-order valence-electron chi connectivity index (χ1n) is 7.57. The van der Waals surface area contributed by atoms with Crippen molar-refractivity contribution in [2.24, 2.45) is 0 Å². The van der Waals surface area contributed by atoms with E-state index >= 15 is 0 Å². The molecule has 3 nitrogen and oxygen atoms in total. The van der Waals surface area contributed by atoms with Gasteiger partial charge in [0.15, 0.2) is 5.01 Å². The molecule has 1 amide bonds. The molecule has 0 atom stereocenters. The predicted molar refractivity (Wildman–Crippen MR) is 95.8 cm³/mol. The van der Waals surface area contributed by atoms with Crippen LogP contribution in [0.5, 0.6) is 0 Å². The minimum absolute atomic E-state index is 0.727. The molecule has 120 valence electrons. The highest BCUT2D eigenvalue weighted by Crippen LogP contribution is 2.11. The van der Waals surface area contributed by atoms with E-state index in [1.807, 2.05) is 42.3 Å². The molecule has 0 aliphatic carbocycles. The Kier molecular flexibility index (Phi) is 7.12. The highest BCUT2D eigenvalue weighted by atomic mass is 35.5. The lowest BCUT2D eigenvalue weighted by atomic mass is 10.1. The number of aromatic nitrogens is 1. The van der Waals surface area contributed by atoms with E-state index in [1.54, 1.807) is 11.3 Å². The molecule has 1 aliphatic rings. The summed E-state index contributed by atoms with van der Waals surface area (Å²) in [7, 11) is 0. The lowest BCUT2D eigenvalue weighted by molar-refractivity contribution is -0.118. The number of nitrogens with zero attached hydrogens (tertiary/aromatic N) is 2. The number of likely N-dealkylation sites (tertiary alicyclic amines) is 1. The summed E-state index contributed by atoms with van der Waals surface area (Å²) in [5, 5.41) is 1.58. The van der Waals surface area contributed by atoms with Gasteiger partial charge in [0.05, 0.1) is 0 Å². The maximum Gasteiger partial charge on any atom is 0.209 e. The van der Waals surface area contributed by atoms with Crippen molar-refractivity contribution in [3.05, 3.63) is 50.9 Å². The van der Waals surface area contributed by atoms with E-state index in [1.165, 1.54) is 24.1 Å². The first-order chi connectivity index (χ1) is 11.2. The molecule has 0 N–H and O–H groups in total. The van der Waals surface area contributed by atoms with Gasteiger partial charge < -0.3 is 4.90 Å². The molecule has 23 heavy (non-hydrogen) atoms. The molecule has 1 aromatic heterocycles.